The number of ether oxygens (including phenoxy) is 2. The van der Waals surface area contributed by atoms with Gasteiger partial charge in [-0.25, -0.2) is 9.97 Å². The summed E-state index contributed by atoms with van der Waals surface area (Å²) in [6, 6.07) is 9.33. The predicted octanol–water partition coefficient (Wildman–Crippen LogP) is 5.26. The van der Waals surface area contributed by atoms with Crippen molar-refractivity contribution in [3.8, 4) is 11.5 Å². The number of nitrogens with zero attached hydrogens (tertiary/aromatic N) is 3. The second-order valence-corrected chi connectivity index (χ2v) is 6.71. The number of para-hydroxylation sites is 1. The highest BCUT2D eigenvalue weighted by Gasteiger charge is 2.17. The number of fused-ring (bicyclic) bond motifs is 3. The van der Waals surface area contributed by atoms with Crippen LogP contribution in [-0.2, 0) is 0 Å². The smallest absolute Gasteiger partial charge is 0.208 e. The number of hydrogen-bond donors (Lipinski definition) is 1. The number of rotatable bonds is 4. The molecule has 0 aliphatic heterocycles. The normalized spacial score (nSPS) is 11.1. The zero-order chi connectivity index (χ0) is 19.1. The molecule has 2 aromatic carbocycles. The van der Waals surface area contributed by atoms with Crippen molar-refractivity contribution in [2.75, 3.05) is 19.5 Å². The van der Waals surface area contributed by atoms with E-state index < -0.39 is 0 Å². The van der Waals surface area contributed by atoms with Gasteiger partial charge in [0.2, 0.25) is 5.28 Å². The molecule has 0 atom stereocenters. The van der Waals surface area contributed by atoms with Crippen LogP contribution in [-0.4, -0.2) is 28.6 Å². The zero-order valence-corrected chi connectivity index (χ0v) is 16.4. The summed E-state index contributed by atoms with van der Waals surface area (Å²) in [6.07, 6.45) is 1.67. The largest absolute Gasteiger partial charge is 0.493 e. The molecule has 0 aliphatic carbocycles. The van der Waals surface area contributed by atoms with Gasteiger partial charge in [-0.15, -0.1) is 0 Å². The SMILES string of the molecule is COc1cc2nc(Nc3c(C)cccc3Cl)c3cnc(Cl)n3c2cc1OC. The van der Waals surface area contributed by atoms with E-state index in [1.165, 1.54) is 0 Å². The van der Waals surface area contributed by atoms with Crippen LogP contribution >= 0.6 is 23.2 Å². The van der Waals surface area contributed by atoms with E-state index in [9.17, 15) is 0 Å². The monoisotopic (exact) mass is 402 g/mol. The van der Waals surface area contributed by atoms with Gasteiger partial charge >= 0.3 is 0 Å². The first-order valence-corrected chi connectivity index (χ1v) is 8.90. The average Bonchev–Trinajstić information content (AvgIpc) is 3.06. The molecule has 6 nitrogen and oxygen atoms in total. The molecule has 0 unspecified atom stereocenters. The fraction of sp³-hybridized carbons (Fsp3) is 0.158. The second kappa shape index (κ2) is 6.79. The Kier molecular flexibility index (Phi) is 4.45. The minimum Gasteiger partial charge on any atom is -0.493 e. The number of aryl methyl sites for hydroxylation is 1. The number of benzene rings is 2. The van der Waals surface area contributed by atoms with E-state index in [0.29, 0.717) is 33.1 Å². The van der Waals surface area contributed by atoms with Gasteiger partial charge in [-0.1, -0.05) is 23.7 Å². The number of halogens is 2. The van der Waals surface area contributed by atoms with Crippen molar-refractivity contribution < 1.29 is 9.47 Å². The molecule has 4 rings (SSSR count). The maximum atomic E-state index is 6.37. The third-order valence-electron chi connectivity index (χ3n) is 4.38. The van der Waals surface area contributed by atoms with Crippen LogP contribution in [0.4, 0.5) is 11.5 Å². The molecule has 2 heterocycles. The lowest BCUT2D eigenvalue weighted by molar-refractivity contribution is 0.355. The molecule has 0 aliphatic rings. The molecule has 2 aromatic heterocycles. The highest BCUT2D eigenvalue weighted by molar-refractivity contribution is 6.33. The van der Waals surface area contributed by atoms with E-state index in [1.807, 2.05) is 31.2 Å². The van der Waals surface area contributed by atoms with Crippen LogP contribution < -0.4 is 14.8 Å². The zero-order valence-electron chi connectivity index (χ0n) is 14.9. The summed E-state index contributed by atoms with van der Waals surface area (Å²) in [6.45, 7) is 1.98. The first-order valence-electron chi connectivity index (χ1n) is 8.14. The lowest BCUT2D eigenvalue weighted by Crippen LogP contribution is -2.02. The summed E-state index contributed by atoms with van der Waals surface area (Å²) in [5.41, 5.74) is 3.93. The quantitative estimate of drug-likeness (QED) is 0.504. The van der Waals surface area contributed by atoms with Gasteiger partial charge in [0.25, 0.3) is 0 Å². The molecule has 4 aromatic rings. The van der Waals surface area contributed by atoms with E-state index in [1.54, 1.807) is 30.9 Å². The van der Waals surface area contributed by atoms with Gasteiger partial charge in [-0.2, -0.15) is 0 Å². The maximum Gasteiger partial charge on any atom is 0.208 e. The van der Waals surface area contributed by atoms with Crippen LogP contribution in [0.2, 0.25) is 10.3 Å². The van der Waals surface area contributed by atoms with Gasteiger partial charge in [0.05, 0.1) is 42.2 Å². The van der Waals surface area contributed by atoms with Crippen molar-refractivity contribution in [3.05, 3.63) is 52.4 Å². The van der Waals surface area contributed by atoms with Gasteiger partial charge in [-0.3, -0.25) is 4.40 Å². The van der Waals surface area contributed by atoms with Crippen LogP contribution in [0, 0.1) is 6.92 Å². The lowest BCUT2D eigenvalue weighted by Gasteiger charge is -2.15. The highest BCUT2D eigenvalue weighted by Crippen LogP contribution is 2.36. The van der Waals surface area contributed by atoms with Gasteiger partial charge in [0, 0.05) is 12.1 Å². The molecule has 27 heavy (non-hydrogen) atoms. The van der Waals surface area contributed by atoms with Gasteiger partial charge < -0.3 is 14.8 Å². The Hall–Kier alpha value is -2.70. The number of anilines is 2. The number of hydrogen-bond acceptors (Lipinski definition) is 5. The summed E-state index contributed by atoms with van der Waals surface area (Å²) in [5.74, 6) is 1.75. The van der Waals surface area contributed by atoms with E-state index in [4.69, 9.17) is 37.7 Å². The minimum atomic E-state index is 0.323. The van der Waals surface area contributed by atoms with Crippen molar-refractivity contribution >= 4 is 51.3 Å². The van der Waals surface area contributed by atoms with E-state index in [0.717, 1.165) is 22.3 Å². The predicted molar refractivity (Wildman–Crippen MR) is 108 cm³/mol. The molecule has 8 heteroatoms. The fourth-order valence-corrected chi connectivity index (χ4v) is 3.53. The molecule has 138 valence electrons. The molecular weight excluding hydrogens is 387 g/mol. The van der Waals surface area contributed by atoms with Crippen LogP contribution in [0.25, 0.3) is 16.6 Å². The van der Waals surface area contributed by atoms with Crippen molar-refractivity contribution in [1.82, 2.24) is 14.4 Å². The minimum absolute atomic E-state index is 0.323. The van der Waals surface area contributed by atoms with Crippen molar-refractivity contribution in [2.24, 2.45) is 0 Å². The van der Waals surface area contributed by atoms with Gasteiger partial charge in [0.15, 0.2) is 17.3 Å². The average molecular weight is 403 g/mol. The van der Waals surface area contributed by atoms with Crippen LogP contribution in [0.3, 0.4) is 0 Å². The van der Waals surface area contributed by atoms with Crippen molar-refractivity contribution in [2.45, 2.75) is 6.92 Å². The summed E-state index contributed by atoms with van der Waals surface area (Å²) in [5, 5.41) is 4.25. The molecular formula is C19H16Cl2N4O2. The van der Waals surface area contributed by atoms with Crippen LogP contribution in [0.1, 0.15) is 5.56 Å². The number of nitrogens with one attached hydrogen (secondary N) is 1. The summed E-state index contributed by atoms with van der Waals surface area (Å²) in [7, 11) is 3.17. The Bertz CT molecular complexity index is 1150. The molecule has 0 fully saturated rings. The summed E-state index contributed by atoms with van der Waals surface area (Å²) >= 11 is 12.7. The van der Waals surface area contributed by atoms with E-state index >= 15 is 0 Å². The molecule has 0 bridgehead atoms. The highest BCUT2D eigenvalue weighted by atomic mass is 35.5. The molecule has 0 saturated heterocycles. The number of aromatic nitrogens is 3. The Morgan fingerprint density at radius 2 is 1.78 bits per heavy atom. The van der Waals surface area contributed by atoms with Gasteiger partial charge in [-0.05, 0) is 30.2 Å². The topological polar surface area (TPSA) is 60.7 Å². The summed E-state index contributed by atoms with van der Waals surface area (Å²) in [4.78, 5) is 8.99. The number of imidazole rings is 1. The third-order valence-corrected chi connectivity index (χ3v) is 4.96. The third kappa shape index (κ3) is 2.91. The van der Waals surface area contributed by atoms with Crippen LogP contribution in [0.5, 0.6) is 11.5 Å². The molecule has 0 radical (unpaired) electrons. The second-order valence-electron chi connectivity index (χ2n) is 5.96. The standard InChI is InChI=1S/C19H16Cl2N4O2/c1-10-5-4-6-11(20)17(10)24-18-14-9-22-19(21)25(14)13-8-16(27-3)15(26-2)7-12(13)23-18/h4-9H,1-3H3,(H,23,24). The molecule has 0 amide bonds. The Morgan fingerprint density at radius 1 is 1.04 bits per heavy atom. The molecule has 1 N–H and O–H groups in total. The Labute approximate surface area is 165 Å². The number of methoxy groups -OCH3 is 2. The van der Waals surface area contributed by atoms with Crippen molar-refractivity contribution in [3.63, 3.8) is 0 Å². The first kappa shape index (κ1) is 17.7. The lowest BCUT2D eigenvalue weighted by atomic mass is 10.2. The molecule has 0 saturated carbocycles. The fourth-order valence-electron chi connectivity index (χ4n) is 3.03. The van der Waals surface area contributed by atoms with Crippen LogP contribution in [0.15, 0.2) is 36.5 Å². The first-order chi connectivity index (χ1) is 13.0. The van der Waals surface area contributed by atoms with Gasteiger partial charge in [0.1, 0.15) is 5.52 Å². The van der Waals surface area contributed by atoms with Crippen molar-refractivity contribution in [1.29, 1.82) is 0 Å². The Morgan fingerprint density at radius 3 is 2.48 bits per heavy atom. The molecule has 0 spiro atoms. The van der Waals surface area contributed by atoms with E-state index in [-0.39, 0.29) is 0 Å². The van der Waals surface area contributed by atoms with E-state index in [2.05, 4.69) is 10.3 Å². The maximum absolute atomic E-state index is 6.37. The summed E-state index contributed by atoms with van der Waals surface area (Å²) < 4.78 is 12.6. The Balaban J connectivity index is 2.00.